The predicted molar refractivity (Wildman–Crippen MR) is 75.0 cm³/mol. The molecule has 2 N–H and O–H groups in total. The van der Waals surface area contributed by atoms with Gasteiger partial charge in [-0.15, -0.1) is 0 Å². The lowest BCUT2D eigenvalue weighted by Gasteiger charge is -2.19. The summed E-state index contributed by atoms with van der Waals surface area (Å²) in [6.07, 6.45) is 3.66. The molecule has 2 aliphatic heterocycles. The minimum Gasteiger partial charge on any atom is -0.454 e. The molecule has 1 atom stereocenters. The molecule has 0 radical (unpaired) electrons. The molecule has 6 nitrogen and oxygen atoms in total. The highest BCUT2D eigenvalue weighted by atomic mass is 16.7. The lowest BCUT2D eigenvalue weighted by atomic mass is 10.0. The number of benzene rings is 1. The standard InChI is InChI=1S/C15H17NO5/c17-14(16-8-15(18)5-6-19-9-15)4-2-11-1-3-12-13(7-11)21-10-20-12/h1-4,7,18H,5-6,8-10H2,(H,16,17)/b4-2+. The second-order valence-corrected chi connectivity index (χ2v) is 5.19. The fraction of sp³-hybridized carbons (Fsp3) is 0.400. The number of carbonyl (C=O) groups excluding carboxylic acids is 1. The average Bonchev–Trinajstić information content (AvgIpc) is 3.11. The van der Waals surface area contributed by atoms with Crippen molar-refractivity contribution in [2.45, 2.75) is 12.0 Å². The van der Waals surface area contributed by atoms with Gasteiger partial charge in [-0.3, -0.25) is 4.79 Å². The van der Waals surface area contributed by atoms with Gasteiger partial charge in [0.2, 0.25) is 12.7 Å². The van der Waals surface area contributed by atoms with E-state index in [1.165, 1.54) is 6.08 Å². The minimum absolute atomic E-state index is 0.192. The summed E-state index contributed by atoms with van der Waals surface area (Å²) < 4.78 is 15.6. The van der Waals surface area contributed by atoms with E-state index in [1.54, 1.807) is 12.1 Å². The van der Waals surface area contributed by atoms with E-state index in [2.05, 4.69) is 5.32 Å². The Kier molecular flexibility index (Phi) is 3.81. The lowest BCUT2D eigenvalue weighted by Crippen LogP contribution is -2.42. The Morgan fingerprint density at radius 3 is 3.05 bits per heavy atom. The maximum absolute atomic E-state index is 11.7. The van der Waals surface area contributed by atoms with E-state index in [4.69, 9.17) is 14.2 Å². The van der Waals surface area contributed by atoms with Gasteiger partial charge in [-0.25, -0.2) is 0 Å². The number of amides is 1. The van der Waals surface area contributed by atoms with Crippen LogP contribution in [0.5, 0.6) is 11.5 Å². The van der Waals surface area contributed by atoms with E-state index >= 15 is 0 Å². The minimum atomic E-state index is -0.942. The van der Waals surface area contributed by atoms with E-state index < -0.39 is 5.60 Å². The summed E-state index contributed by atoms with van der Waals surface area (Å²) >= 11 is 0. The molecular formula is C15H17NO5. The third kappa shape index (κ3) is 3.34. The van der Waals surface area contributed by atoms with E-state index in [-0.39, 0.29) is 25.9 Å². The van der Waals surface area contributed by atoms with Gasteiger partial charge in [-0.1, -0.05) is 6.07 Å². The molecular weight excluding hydrogens is 274 g/mol. The molecule has 2 heterocycles. The molecule has 21 heavy (non-hydrogen) atoms. The van der Waals surface area contributed by atoms with Crippen molar-refractivity contribution in [1.82, 2.24) is 5.32 Å². The average molecular weight is 291 g/mol. The predicted octanol–water partition coefficient (Wildman–Crippen LogP) is 0.696. The van der Waals surface area contributed by atoms with Crippen molar-refractivity contribution in [2.75, 3.05) is 26.6 Å². The first kappa shape index (κ1) is 13.9. The molecule has 2 aliphatic rings. The van der Waals surface area contributed by atoms with Crippen LogP contribution in [-0.2, 0) is 9.53 Å². The first-order valence-corrected chi connectivity index (χ1v) is 6.80. The quantitative estimate of drug-likeness (QED) is 0.798. The normalized spacial score (nSPS) is 23.7. The van der Waals surface area contributed by atoms with Crippen molar-refractivity contribution in [3.8, 4) is 11.5 Å². The zero-order valence-electron chi connectivity index (χ0n) is 11.5. The molecule has 0 saturated carbocycles. The highest BCUT2D eigenvalue weighted by Crippen LogP contribution is 2.32. The number of nitrogens with one attached hydrogen (secondary N) is 1. The van der Waals surface area contributed by atoms with Gasteiger partial charge >= 0.3 is 0 Å². The van der Waals surface area contributed by atoms with Crippen LogP contribution in [0.25, 0.3) is 6.08 Å². The second kappa shape index (κ2) is 5.75. The molecule has 112 valence electrons. The van der Waals surface area contributed by atoms with Crippen LogP contribution in [0.1, 0.15) is 12.0 Å². The molecule has 1 amide bonds. The van der Waals surface area contributed by atoms with E-state index in [9.17, 15) is 9.90 Å². The number of aliphatic hydroxyl groups is 1. The van der Waals surface area contributed by atoms with E-state index in [0.29, 0.717) is 24.5 Å². The Labute approximate surface area is 122 Å². The van der Waals surface area contributed by atoms with Gasteiger partial charge in [0.1, 0.15) is 5.60 Å². The van der Waals surface area contributed by atoms with Gasteiger partial charge in [0, 0.05) is 25.6 Å². The molecule has 1 fully saturated rings. The number of carbonyl (C=O) groups is 1. The summed E-state index contributed by atoms with van der Waals surface area (Å²) in [5.41, 5.74) is -0.0975. The van der Waals surface area contributed by atoms with Crippen LogP contribution in [0, 0.1) is 0 Å². The van der Waals surface area contributed by atoms with Crippen LogP contribution in [0.3, 0.4) is 0 Å². The van der Waals surface area contributed by atoms with Crippen molar-refractivity contribution in [3.05, 3.63) is 29.8 Å². The van der Waals surface area contributed by atoms with Crippen molar-refractivity contribution >= 4 is 12.0 Å². The molecule has 1 saturated heterocycles. The molecule has 0 bridgehead atoms. The number of fused-ring (bicyclic) bond motifs is 1. The monoisotopic (exact) mass is 291 g/mol. The third-order valence-corrected chi connectivity index (χ3v) is 3.50. The van der Waals surface area contributed by atoms with Crippen molar-refractivity contribution in [1.29, 1.82) is 0 Å². The molecule has 1 aromatic rings. The molecule has 1 aromatic carbocycles. The van der Waals surface area contributed by atoms with Crippen LogP contribution >= 0.6 is 0 Å². The summed E-state index contributed by atoms with van der Waals surface area (Å²) in [5, 5.41) is 12.7. The summed E-state index contributed by atoms with van der Waals surface area (Å²) in [4.78, 5) is 11.7. The van der Waals surface area contributed by atoms with Gasteiger partial charge in [0.25, 0.3) is 0 Å². The van der Waals surface area contributed by atoms with Gasteiger partial charge in [-0.05, 0) is 23.8 Å². The van der Waals surface area contributed by atoms with Crippen molar-refractivity contribution < 1.29 is 24.1 Å². The van der Waals surface area contributed by atoms with Gasteiger partial charge in [0.15, 0.2) is 11.5 Å². The SMILES string of the molecule is O=C(/C=C/c1ccc2c(c1)OCO2)NCC1(O)CCOC1. The van der Waals surface area contributed by atoms with Gasteiger partial charge in [-0.2, -0.15) is 0 Å². The fourth-order valence-electron chi connectivity index (χ4n) is 2.24. The molecule has 0 aliphatic carbocycles. The second-order valence-electron chi connectivity index (χ2n) is 5.19. The zero-order chi connectivity index (χ0) is 14.7. The Bertz CT molecular complexity index is 563. The van der Waals surface area contributed by atoms with Crippen LogP contribution in [0.4, 0.5) is 0 Å². The Morgan fingerprint density at radius 1 is 1.38 bits per heavy atom. The number of hydrogen-bond donors (Lipinski definition) is 2. The summed E-state index contributed by atoms with van der Waals surface area (Å²) in [5.74, 6) is 1.13. The number of ether oxygens (including phenoxy) is 3. The largest absolute Gasteiger partial charge is 0.454 e. The molecule has 6 heteroatoms. The molecule has 3 rings (SSSR count). The van der Waals surface area contributed by atoms with Crippen molar-refractivity contribution in [2.24, 2.45) is 0 Å². The first-order valence-electron chi connectivity index (χ1n) is 6.80. The first-order chi connectivity index (χ1) is 10.1. The molecule has 0 aromatic heterocycles. The van der Waals surface area contributed by atoms with Crippen LogP contribution in [0.2, 0.25) is 0 Å². The van der Waals surface area contributed by atoms with Crippen molar-refractivity contribution in [3.63, 3.8) is 0 Å². The summed E-state index contributed by atoms with van der Waals surface area (Å²) in [6.45, 7) is 1.21. The number of hydrogen-bond acceptors (Lipinski definition) is 5. The van der Waals surface area contributed by atoms with E-state index in [1.807, 2.05) is 12.1 Å². The van der Waals surface area contributed by atoms with Crippen LogP contribution in [0.15, 0.2) is 24.3 Å². The lowest BCUT2D eigenvalue weighted by molar-refractivity contribution is -0.117. The third-order valence-electron chi connectivity index (χ3n) is 3.50. The molecule has 0 spiro atoms. The highest BCUT2D eigenvalue weighted by molar-refractivity contribution is 5.91. The Hall–Kier alpha value is -2.05. The smallest absolute Gasteiger partial charge is 0.244 e. The van der Waals surface area contributed by atoms with Crippen LogP contribution in [-0.4, -0.2) is 43.2 Å². The van der Waals surface area contributed by atoms with Gasteiger partial charge < -0.3 is 24.6 Å². The van der Waals surface area contributed by atoms with Crippen LogP contribution < -0.4 is 14.8 Å². The number of rotatable bonds is 4. The Balaban J connectivity index is 1.54. The highest BCUT2D eigenvalue weighted by Gasteiger charge is 2.32. The maximum Gasteiger partial charge on any atom is 0.244 e. The topological polar surface area (TPSA) is 77.0 Å². The zero-order valence-corrected chi connectivity index (χ0v) is 11.5. The summed E-state index contributed by atoms with van der Waals surface area (Å²) in [7, 11) is 0. The van der Waals surface area contributed by atoms with Gasteiger partial charge in [0.05, 0.1) is 6.61 Å². The summed E-state index contributed by atoms with van der Waals surface area (Å²) in [6, 6.07) is 5.46. The van der Waals surface area contributed by atoms with E-state index in [0.717, 1.165) is 5.56 Å². The molecule has 1 unspecified atom stereocenters. The maximum atomic E-state index is 11.7. The Morgan fingerprint density at radius 2 is 2.24 bits per heavy atom. The fourth-order valence-corrected chi connectivity index (χ4v) is 2.24.